The van der Waals surface area contributed by atoms with Crippen LogP contribution in [0.1, 0.15) is 18.1 Å². The fourth-order valence-electron chi connectivity index (χ4n) is 1.90. The summed E-state index contributed by atoms with van der Waals surface area (Å²) in [5.41, 5.74) is 2.79. The van der Waals surface area contributed by atoms with Gasteiger partial charge in [0.15, 0.2) is 0 Å². The van der Waals surface area contributed by atoms with Crippen molar-refractivity contribution in [3.8, 4) is 5.75 Å². The molecule has 2 rings (SSSR count). The third kappa shape index (κ3) is 1.61. The van der Waals surface area contributed by atoms with Crippen molar-refractivity contribution in [2.75, 3.05) is 0 Å². The minimum atomic E-state index is -0.817. The zero-order valence-electron chi connectivity index (χ0n) is 8.40. The number of carbonyl (C=O) groups is 1. The quantitative estimate of drug-likeness (QED) is 0.775. The first kappa shape index (κ1) is 9.77. The van der Waals surface area contributed by atoms with Crippen LogP contribution in [0.3, 0.4) is 0 Å². The number of aliphatic carboxylic acids is 1. The molecule has 0 aromatic heterocycles. The standard InChI is InChI=1S/C12H12O3/c1-7(12(14)15)10-4-2-8-6-9(13)3-5-11(8)10/h3-7,13H,2H2,1H3,(H,14,15). The summed E-state index contributed by atoms with van der Waals surface area (Å²) < 4.78 is 0. The van der Waals surface area contributed by atoms with Gasteiger partial charge in [0, 0.05) is 0 Å². The average molecular weight is 204 g/mol. The number of allylic oxidation sites excluding steroid dienone is 1. The Morgan fingerprint density at radius 2 is 2.20 bits per heavy atom. The first-order valence-electron chi connectivity index (χ1n) is 4.84. The maximum absolute atomic E-state index is 10.9. The molecule has 2 N–H and O–H groups in total. The Morgan fingerprint density at radius 1 is 1.47 bits per heavy atom. The SMILES string of the molecule is CC(C(=O)O)C1=CCc2cc(O)ccc21. The van der Waals surface area contributed by atoms with Crippen LogP contribution in [0, 0.1) is 5.92 Å². The lowest BCUT2D eigenvalue weighted by molar-refractivity contribution is -0.139. The Balaban J connectivity index is 2.39. The molecule has 0 saturated carbocycles. The molecule has 0 amide bonds. The monoisotopic (exact) mass is 204 g/mol. The summed E-state index contributed by atoms with van der Waals surface area (Å²) in [5.74, 6) is -1.08. The molecule has 1 aromatic carbocycles. The van der Waals surface area contributed by atoms with Crippen LogP contribution in [0.4, 0.5) is 0 Å². The molecular formula is C12H12O3. The summed E-state index contributed by atoms with van der Waals surface area (Å²) in [7, 11) is 0. The van der Waals surface area contributed by atoms with E-state index in [0.717, 1.165) is 16.7 Å². The van der Waals surface area contributed by atoms with Gasteiger partial charge in [-0.1, -0.05) is 12.1 Å². The molecule has 0 heterocycles. The first-order valence-corrected chi connectivity index (χ1v) is 4.84. The summed E-state index contributed by atoms with van der Waals surface area (Å²) >= 11 is 0. The van der Waals surface area contributed by atoms with E-state index in [1.165, 1.54) is 0 Å². The van der Waals surface area contributed by atoms with Crippen molar-refractivity contribution in [3.05, 3.63) is 35.4 Å². The van der Waals surface area contributed by atoms with Crippen molar-refractivity contribution >= 4 is 11.5 Å². The van der Waals surface area contributed by atoms with Gasteiger partial charge in [-0.05, 0) is 42.2 Å². The number of rotatable bonds is 2. The number of aromatic hydroxyl groups is 1. The van der Waals surface area contributed by atoms with E-state index in [1.807, 2.05) is 6.08 Å². The van der Waals surface area contributed by atoms with E-state index in [1.54, 1.807) is 25.1 Å². The van der Waals surface area contributed by atoms with E-state index in [4.69, 9.17) is 5.11 Å². The Hall–Kier alpha value is -1.77. The Labute approximate surface area is 87.7 Å². The highest BCUT2D eigenvalue weighted by molar-refractivity contribution is 5.89. The first-order chi connectivity index (χ1) is 7.09. The molecule has 3 heteroatoms. The molecule has 1 aromatic rings. The average Bonchev–Trinajstić information content (AvgIpc) is 2.59. The minimum Gasteiger partial charge on any atom is -0.508 e. The molecule has 15 heavy (non-hydrogen) atoms. The molecule has 78 valence electrons. The number of carboxylic acids is 1. The highest BCUT2D eigenvalue weighted by Gasteiger charge is 2.23. The van der Waals surface area contributed by atoms with Crippen molar-refractivity contribution in [1.82, 2.24) is 0 Å². The number of carboxylic acid groups (broad SMARTS) is 1. The summed E-state index contributed by atoms with van der Waals surface area (Å²) in [6.45, 7) is 1.68. The summed E-state index contributed by atoms with van der Waals surface area (Å²) in [6.07, 6.45) is 2.62. The molecule has 1 unspecified atom stereocenters. The van der Waals surface area contributed by atoms with Gasteiger partial charge in [0.2, 0.25) is 0 Å². The summed E-state index contributed by atoms with van der Waals surface area (Å²) in [6, 6.07) is 5.06. The molecule has 1 aliphatic rings. The number of phenolic OH excluding ortho intramolecular Hbond substituents is 1. The highest BCUT2D eigenvalue weighted by atomic mass is 16.4. The molecule has 1 aliphatic carbocycles. The van der Waals surface area contributed by atoms with E-state index in [2.05, 4.69) is 0 Å². The van der Waals surface area contributed by atoms with Gasteiger partial charge in [0.1, 0.15) is 5.75 Å². The van der Waals surface area contributed by atoms with Crippen molar-refractivity contribution in [1.29, 1.82) is 0 Å². The van der Waals surface area contributed by atoms with Crippen molar-refractivity contribution in [2.24, 2.45) is 5.92 Å². The van der Waals surface area contributed by atoms with Crippen molar-refractivity contribution in [2.45, 2.75) is 13.3 Å². The third-order valence-electron chi connectivity index (χ3n) is 2.78. The van der Waals surface area contributed by atoms with Crippen LogP contribution in [-0.4, -0.2) is 16.2 Å². The molecule has 1 atom stereocenters. The molecule has 0 aliphatic heterocycles. The fourth-order valence-corrected chi connectivity index (χ4v) is 1.90. The second-order valence-corrected chi connectivity index (χ2v) is 3.76. The second-order valence-electron chi connectivity index (χ2n) is 3.76. The Morgan fingerprint density at radius 3 is 2.87 bits per heavy atom. The molecule has 3 nitrogen and oxygen atoms in total. The molecule has 0 spiro atoms. The minimum absolute atomic E-state index is 0.228. The summed E-state index contributed by atoms with van der Waals surface area (Å²) in [5, 5.41) is 18.2. The maximum Gasteiger partial charge on any atom is 0.310 e. The molecule has 0 fully saturated rings. The molecule has 0 radical (unpaired) electrons. The normalized spacial score (nSPS) is 15.7. The van der Waals surface area contributed by atoms with Gasteiger partial charge in [-0.15, -0.1) is 0 Å². The van der Waals surface area contributed by atoms with Crippen LogP contribution in [0.25, 0.3) is 5.57 Å². The van der Waals surface area contributed by atoms with Gasteiger partial charge in [-0.25, -0.2) is 0 Å². The van der Waals surface area contributed by atoms with E-state index >= 15 is 0 Å². The fraction of sp³-hybridized carbons (Fsp3) is 0.250. The molecular weight excluding hydrogens is 192 g/mol. The lowest BCUT2D eigenvalue weighted by atomic mass is 9.95. The second kappa shape index (κ2) is 3.42. The number of hydrogen-bond donors (Lipinski definition) is 2. The largest absolute Gasteiger partial charge is 0.508 e. The van der Waals surface area contributed by atoms with Gasteiger partial charge < -0.3 is 10.2 Å². The van der Waals surface area contributed by atoms with Crippen LogP contribution in [0.5, 0.6) is 5.75 Å². The Bertz CT molecular complexity index is 446. The molecule has 0 saturated heterocycles. The number of hydrogen-bond acceptors (Lipinski definition) is 2. The van der Waals surface area contributed by atoms with Crippen LogP contribution >= 0.6 is 0 Å². The van der Waals surface area contributed by atoms with E-state index in [0.29, 0.717) is 6.42 Å². The number of fused-ring (bicyclic) bond motifs is 1. The predicted octanol–water partition coefficient (Wildman–Crippen LogP) is 2.05. The van der Waals surface area contributed by atoms with E-state index < -0.39 is 11.9 Å². The Kier molecular flexibility index (Phi) is 2.23. The maximum atomic E-state index is 10.9. The topological polar surface area (TPSA) is 57.5 Å². The van der Waals surface area contributed by atoms with Crippen LogP contribution in [0.15, 0.2) is 24.3 Å². The summed E-state index contributed by atoms with van der Waals surface area (Å²) in [4.78, 5) is 10.9. The van der Waals surface area contributed by atoms with Crippen LogP contribution in [-0.2, 0) is 11.2 Å². The van der Waals surface area contributed by atoms with Gasteiger partial charge in [-0.2, -0.15) is 0 Å². The van der Waals surface area contributed by atoms with Crippen molar-refractivity contribution in [3.63, 3.8) is 0 Å². The lowest BCUT2D eigenvalue weighted by Crippen LogP contribution is -2.10. The number of benzene rings is 1. The predicted molar refractivity (Wildman–Crippen MR) is 56.6 cm³/mol. The van der Waals surface area contributed by atoms with E-state index in [-0.39, 0.29) is 5.75 Å². The van der Waals surface area contributed by atoms with Crippen molar-refractivity contribution < 1.29 is 15.0 Å². The molecule has 0 bridgehead atoms. The smallest absolute Gasteiger partial charge is 0.310 e. The van der Waals surface area contributed by atoms with E-state index in [9.17, 15) is 9.90 Å². The van der Waals surface area contributed by atoms with Gasteiger partial charge in [0.25, 0.3) is 0 Å². The lowest BCUT2D eigenvalue weighted by Gasteiger charge is -2.10. The van der Waals surface area contributed by atoms with Crippen LogP contribution in [0.2, 0.25) is 0 Å². The zero-order chi connectivity index (χ0) is 11.0. The zero-order valence-corrected chi connectivity index (χ0v) is 8.40. The van der Waals surface area contributed by atoms with Gasteiger partial charge in [-0.3, -0.25) is 4.79 Å². The van der Waals surface area contributed by atoms with Gasteiger partial charge >= 0.3 is 5.97 Å². The highest BCUT2D eigenvalue weighted by Crippen LogP contribution is 2.34. The number of phenols is 1. The van der Waals surface area contributed by atoms with Gasteiger partial charge in [0.05, 0.1) is 5.92 Å². The third-order valence-corrected chi connectivity index (χ3v) is 2.78. The van der Waals surface area contributed by atoms with Crippen LogP contribution < -0.4 is 0 Å².